The number of amides is 2. The van der Waals surface area contributed by atoms with E-state index in [2.05, 4.69) is 5.32 Å². The number of hydrogen-bond acceptors (Lipinski definition) is 5. The topological polar surface area (TPSA) is 102 Å². The highest BCUT2D eigenvalue weighted by atomic mass is 16.6. The smallest absolute Gasteiger partial charge is 0.311 e. The lowest BCUT2D eigenvalue weighted by Crippen LogP contribution is -2.36. The summed E-state index contributed by atoms with van der Waals surface area (Å²) in [6.07, 6.45) is 0. The molecule has 1 aromatic rings. The molecule has 0 radical (unpaired) electrons. The molecule has 0 saturated heterocycles. The van der Waals surface area contributed by atoms with Crippen molar-refractivity contribution >= 4 is 17.5 Å². The first-order valence-electron chi connectivity index (χ1n) is 6.26. The van der Waals surface area contributed by atoms with Gasteiger partial charge in [-0.05, 0) is 19.1 Å². The number of likely N-dealkylation sites (N-methyl/N-ethyl adjacent to an activating group) is 1. The fraction of sp³-hybridized carbons (Fsp3) is 0.385. The first kappa shape index (κ1) is 16.4. The molecule has 0 unspecified atom stereocenters. The molecule has 0 bridgehead atoms. The summed E-state index contributed by atoms with van der Waals surface area (Å²) < 4.78 is 5.13. The average molecular weight is 295 g/mol. The lowest BCUT2D eigenvalue weighted by molar-refractivity contribution is -0.385. The highest BCUT2D eigenvalue weighted by Crippen LogP contribution is 2.27. The van der Waals surface area contributed by atoms with Gasteiger partial charge in [0.15, 0.2) is 5.75 Å². The summed E-state index contributed by atoms with van der Waals surface area (Å²) in [7, 11) is 3.13. The summed E-state index contributed by atoms with van der Waals surface area (Å²) in [5.41, 5.74) is -0.194. The molecule has 0 aromatic heterocycles. The fourth-order valence-corrected chi connectivity index (χ4v) is 1.49. The maximum Gasteiger partial charge on any atom is 0.311 e. The molecular weight excluding hydrogens is 278 g/mol. The minimum atomic E-state index is -0.618. The Hall–Kier alpha value is -2.64. The molecule has 0 heterocycles. The predicted molar refractivity (Wildman–Crippen MR) is 75.3 cm³/mol. The summed E-state index contributed by atoms with van der Waals surface area (Å²) in [5, 5.41) is 13.4. The standard InChI is InChI=1S/C13H17N3O5/c1-4-21-11-6-5-9(7-10(11)16(19)20)13(18)14-8-12(17)15(2)3/h5-7H,4,8H2,1-3H3,(H,14,18). The number of carbonyl (C=O) groups is 2. The molecule has 1 N–H and O–H groups in total. The maximum atomic E-state index is 11.9. The van der Waals surface area contributed by atoms with Crippen LogP contribution in [0, 0.1) is 10.1 Å². The Kier molecular flexibility index (Phi) is 5.65. The molecule has 114 valence electrons. The van der Waals surface area contributed by atoms with Crippen molar-refractivity contribution in [3.05, 3.63) is 33.9 Å². The Balaban J connectivity index is 2.88. The van der Waals surface area contributed by atoms with Crippen LogP contribution >= 0.6 is 0 Å². The normalized spacial score (nSPS) is 9.86. The van der Waals surface area contributed by atoms with Crippen LogP contribution in [0.4, 0.5) is 5.69 Å². The van der Waals surface area contributed by atoms with Crippen molar-refractivity contribution in [2.45, 2.75) is 6.92 Å². The Morgan fingerprint density at radius 3 is 2.57 bits per heavy atom. The second-order valence-electron chi connectivity index (χ2n) is 4.34. The van der Waals surface area contributed by atoms with Gasteiger partial charge in [-0.1, -0.05) is 0 Å². The second kappa shape index (κ2) is 7.22. The number of benzene rings is 1. The number of nitro groups is 1. The van der Waals surface area contributed by atoms with Crippen LogP contribution in [0.2, 0.25) is 0 Å². The first-order chi connectivity index (χ1) is 9.86. The van der Waals surface area contributed by atoms with Gasteiger partial charge >= 0.3 is 5.69 Å². The molecule has 0 fully saturated rings. The molecule has 8 heteroatoms. The van der Waals surface area contributed by atoms with Crippen LogP contribution in [0.5, 0.6) is 5.75 Å². The van der Waals surface area contributed by atoms with E-state index < -0.39 is 10.8 Å². The summed E-state index contributed by atoms with van der Waals surface area (Å²) >= 11 is 0. The molecule has 0 aliphatic carbocycles. The Morgan fingerprint density at radius 1 is 1.38 bits per heavy atom. The lowest BCUT2D eigenvalue weighted by Gasteiger charge is -2.11. The molecular formula is C13H17N3O5. The van der Waals surface area contributed by atoms with Crippen LogP contribution < -0.4 is 10.1 Å². The number of nitro benzene ring substituents is 1. The first-order valence-corrected chi connectivity index (χ1v) is 6.26. The molecule has 1 aromatic carbocycles. The third-order valence-electron chi connectivity index (χ3n) is 2.62. The minimum absolute atomic E-state index is 0.0942. The van der Waals surface area contributed by atoms with E-state index in [-0.39, 0.29) is 36.1 Å². The quantitative estimate of drug-likeness (QED) is 0.618. The van der Waals surface area contributed by atoms with Gasteiger partial charge in [0.1, 0.15) is 0 Å². The van der Waals surface area contributed by atoms with Gasteiger partial charge in [-0.3, -0.25) is 19.7 Å². The molecule has 1 rings (SSSR count). The van der Waals surface area contributed by atoms with Crippen molar-refractivity contribution in [3.63, 3.8) is 0 Å². The second-order valence-corrected chi connectivity index (χ2v) is 4.34. The predicted octanol–water partition coefficient (Wildman–Crippen LogP) is 0.811. The molecule has 8 nitrogen and oxygen atoms in total. The van der Waals surface area contributed by atoms with Gasteiger partial charge in [0.2, 0.25) is 5.91 Å². The zero-order valence-electron chi connectivity index (χ0n) is 12.1. The van der Waals surface area contributed by atoms with Crippen molar-refractivity contribution in [2.75, 3.05) is 27.2 Å². The van der Waals surface area contributed by atoms with Gasteiger partial charge in [-0.2, -0.15) is 0 Å². The third kappa shape index (κ3) is 4.44. The zero-order valence-corrected chi connectivity index (χ0v) is 12.1. The summed E-state index contributed by atoms with van der Waals surface area (Å²) in [4.78, 5) is 34.9. The maximum absolute atomic E-state index is 11.9. The van der Waals surface area contributed by atoms with Gasteiger partial charge in [0.25, 0.3) is 5.91 Å². The van der Waals surface area contributed by atoms with E-state index in [0.29, 0.717) is 0 Å². The van der Waals surface area contributed by atoms with Crippen molar-refractivity contribution in [1.29, 1.82) is 0 Å². The highest BCUT2D eigenvalue weighted by molar-refractivity contribution is 5.97. The van der Waals surface area contributed by atoms with Crippen LogP contribution in [0.15, 0.2) is 18.2 Å². The van der Waals surface area contributed by atoms with Gasteiger partial charge in [0, 0.05) is 25.7 Å². The van der Waals surface area contributed by atoms with Gasteiger partial charge < -0.3 is 15.0 Å². The van der Waals surface area contributed by atoms with Crippen LogP contribution in [0.3, 0.4) is 0 Å². The molecule has 0 aliphatic heterocycles. The molecule has 21 heavy (non-hydrogen) atoms. The number of hydrogen-bond donors (Lipinski definition) is 1. The Morgan fingerprint density at radius 2 is 2.05 bits per heavy atom. The van der Waals surface area contributed by atoms with E-state index in [0.717, 1.165) is 6.07 Å². The van der Waals surface area contributed by atoms with Crippen molar-refractivity contribution in [2.24, 2.45) is 0 Å². The highest BCUT2D eigenvalue weighted by Gasteiger charge is 2.19. The van der Waals surface area contributed by atoms with Crippen LogP contribution in [-0.4, -0.2) is 48.9 Å². The van der Waals surface area contributed by atoms with Crippen LogP contribution in [0.1, 0.15) is 17.3 Å². The van der Waals surface area contributed by atoms with Gasteiger partial charge in [-0.25, -0.2) is 0 Å². The fourth-order valence-electron chi connectivity index (χ4n) is 1.49. The minimum Gasteiger partial charge on any atom is -0.487 e. The summed E-state index contributed by atoms with van der Waals surface area (Å²) in [5.74, 6) is -0.733. The van der Waals surface area contributed by atoms with E-state index >= 15 is 0 Å². The van der Waals surface area contributed by atoms with E-state index in [9.17, 15) is 19.7 Å². The van der Waals surface area contributed by atoms with E-state index in [1.54, 1.807) is 21.0 Å². The lowest BCUT2D eigenvalue weighted by atomic mass is 10.1. The number of nitrogens with zero attached hydrogens (tertiary/aromatic N) is 2. The molecule has 0 aliphatic rings. The average Bonchev–Trinajstić information content (AvgIpc) is 2.44. The number of carbonyl (C=O) groups excluding carboxylic acids is 2. The van der Waals surface area contributed by atoms with Gasteiger partial charge in [0.05, 0.1) is 18.1 Å². The zero-order chi connectivity index (χ0) is 16.0. The van der Waals surface area contributed by atoms with E-state index in [4.69, 9.17) is 4.74 Å². The Bertz CT molecular complexity index is 557. The monoisotopic (exact) mass is 295 g/mol. The Labute approximate surface area is 121 Å². The van der Waals surface area contributed by atoms with E-state index in [1.165, 1.54) is 17.0 Å². The number of nitrogens with one attached hydrogen (secondary N) is 1. The van der Waals surface area contributed by atoms with Gasteiger partial charge in [-0.15, -0.1) is 0 Å². The van der Waals surface area contributed by atoms with Crippen molar-refractivity contribution in [1.82, 2.24) is 10.2 Å². The molecule has 2 amide bonds. The largest absolute Gasteiger partial charge is 0.487 e. The van der Waals surface area contributed by atoms with Crippen molar-refractivity contribution in [3.8, 4) is 5.75 Å². The van der Waals surface area contributed by atoms with E-state index in [1.807, 2.05) is 0 Å². The molecule has 0 saturated carbocycles. The summed E-state index contributed by atoms with van der Waals surface area (Å²) in [6.45, 7) is 1.81. The van der Waals surface area contributed by atoms with Crippen molar-refractivity contribution < 1.29 is 19.2 Å². The number of rotatable bonds is 6. The molecule has 0 spiro atoms. The molecule has 0 atom stereocenters. The SMILES string of the molecule is CCOc1ccc(C(=O)NCC(=O)N(C)C)cc1[N+](=O)[O-]. The van der Waals surface area contributed by atoms with Crippen LogP contribution in [0.25, 0.3) is 0 Å². The third-order valence-corrected chi connectivity index (χ3v) is 2.62. The number of ether oxygens (including phenoxy) is 1. The van der Waals surface area contributed by atoms with Crippen LogP contribution in [-0.2, 0) is 4.79 Å². The summed E-state index contributed by atoms with van der Waals surface area (Å²) in [6, 6.07) is 3.90.